The van der Waals surface area contributed by atoms with Crippen molar-refractivity contribution >= 4 is 17.9 Å². The monoisotopic (exact) mass is 298 g/mol. The Morgan fingerprint density at radius 3 is 2.52 bits per heavy atom. The normalized spacial score (nSPS) is 23.9. The fourth-order valence-electron chi connectivity index (χ4n) is 2.64. The second-order valence-electron chi connectivity index (χ2n) is 5.42. The number of hydrogen-bond acceptors (Lipinski definition) is 4. The molecule has 21 heavy (non-hydrogen) atoms. The zero-order valence-electron chi connectivity index (χ0n) is 12.2. The number of nitrogens with zero attached hydrogens (tertiary/aromatic N) is 3. The van der Waals surface area contributed by atoms with Gasteiger partial charge in [-0.3, -0.25) is 14.5 Å². The van der Waals surface area contributed by atoms with E-state index in [1.807, 2.05) is 4.90 Å². The Balaban J connectivity index is 1.82. The lowest BCUT2D eigenvalue weighted by molar-refractivity contribution is -0.137. The maximum absolute atomic E-state index is 12.4. The van der Waals surface area contributed by atoms with E-state index in [0.29, 0.717) is 45.8 Å². The van der Waals surface area contributed by atoms with Gasteiger partial charge >= 0.3 is 12.0 Å². The molecule has 1 atom stereocenters. The summed E-state index contributed by atoms with van der Waals surface area (Å²) in [5.74, 6) is -0.920. The van der Waals surface area contributed by atoms with E-state index in [-0.39, 0.29) is 18.4 Å². The van der Waals surface area contributed by atoms with Gasteiger partial charge in [0.15, 0.2) is 0 Å². The number of carboxylic acids is 1. The Kier molecular flexibility index (Phi) is 5.00. The van der Waals surface area contributed by atoms with Gasteiger partial charge in [-0.25, -0.2) is 4.79 Å². The van der Waals surface area contributed by atoms with E-state index in [1.165, 1.54) is 0 Å². The number of piperazine rings is 2. The zero-order chi connectivity index (χ0) is 15.4. The Hall–Kier alpha value is -1.83. The minimum Gasteiger partial charge on any atom is -0.481 e. The molecule has 2 saturated heterocycles. The van der Waals surface area contributed by atoms with E-state index in [4.69, 9.17) is 5.11 Å². The first-order valence-electron chi connectivity index (χ1n) is 7.26. The van der Waals surface area contributed by atoms with Crippen molar-refractivity contribution in [3.8, 4) is 0 Å². The van der Waals surface area contributed by atoms with E-state index in [1.54, 1.807) is 16.7 Å². The summed E-state index contributed by atoms with van der Waals surface area (Å²) in [4.78, 5) is 40.0. The molecule has 2 rings (SSSR count). The number of nitrogens with one attached hydrogen (secondary N) is 1. The molecule has 2 aliphatic rings. The molecule has 0 aromatic carbocycles. The van der Waals surface area contributed by atoms with Crippen LogP contribution in [0.1, 0.15) is 13.3 Å². The van der Waals surface area contributed by atoms with E-state index in [0.717, 1.165) is 0 Å². The lowest BCUT2D eigenvalue weighted by atomic mass is 10.2. The molecular formula is C13H22N4O4. The summed E-state index contributed by atoms with van der Waals surface area (Å²) in [6.45, 7) is 5.77. The van der Waals surface area contributed by atoms with Crippen LogP contribution < -0.4 is 5.32 Å². The molecule has 2 heterocycles. The van der Waals surface area contributed by atoms with Crippen LogP contribution in [0.2, 0.25) is 0 Å². The maximum atomic E-state index is 12.4. The van der Waals surface area contributed by atoms with Crippen LogP contribution in [0.3, 0.4) is 0 Å². The predicted octanol–water partition coefficient (Wildman–Crippen LogP) is -0.981. The highest BCUT2D eigenvalue weighted by Gasteiger charge is 2.33. The lowest BCUT2D eigenvalue weighted by Gasteiger charge is -2.40. The number of urea groups is 1. The lowest BCUT2D eigenvalue weighted by Crippen LogP contribution is -2.61. The third-order valence-electron chi connectivity index (χ3n) is 4.03. The van der Waals surface area contributed by atoms with Gasteiger partial charge in [-0.15, -0.1) is 0 Å². The topological polar surface area (TPSA) is 93.2 Å². The summed E-state index contributed by atoms with van der Waals surface area (Å²) in [5.41, 5.74) is 0. The number of amides is 3. The number of hydrogen-bond donors (Lipinski definition) is 2. The van der Waals surface area contributed by atoms with Crippen molar-refractivity contribution in [3.63, 3.8) is 0 Å². The molecule has 0 bridgehead atoms. The smallest absolute Gasteiger partial charge is 0.320 e. The Morgan fingerprint density at radius 2 is 1.90 bits per heavy atom. The molecule has 8 heteroatoms. The van der Waals surface area contributed by atoms with Crippen molar-refractivity contribution in [2.24, 2.45) is 0 Å². The molecular weight excluding hydrogens is 276 g/mol. The van der Waals surface area contributed by atoms with Gasteiger partial charge in [0.25, 0.3) is 0 Å². The molecule has 2 fully saturated rings. The molecule has 0 radical (unpaired) electrons. The van der Waals surface area contributed by atoms with Crippen LogP contribution in [0.15, 0.2) is 0 Å². The summed E-state index contributed by atoms with van der Waals surface area (Å²) in [6, 6.07) is -0.536. The molecule has 8 nitrogen and oxygen atoms in total. The largest absolute Gasteiger partial charge is 0.481 e. The van der Waals surface area contributed by atoms with E-state index in [9.17, 15) is 14.4 Å². The predicted molar refractivity (Wildman–Crippen MR) is 74.8 cm³/mol. The fourth-order valence-corrected chi connectivity index (χ4v) is 2.64. The summed E-state index contributed by atoms with van der Waals surface area (Å²) in [6.07, 6.45) is 0.122. The molecule has 1 unspecified atom stereocenters. The van der Waals surface area contributed by atoms with Crippen LogP contribution >= 0.6 is 0 Å². The van der Waals surface area contributed by atoms with Crippen molar-refractivity contribution in [2.45, 2.75) is 19.4 Å². The highest BCUT2D eigenvalue weighted by Crippen LogP contribution is 2.11. The van der Waals surface area contributed by atoms with Gasteiger partial charge in [-0.1, -0.05) is 0 Å². The van der Waals surface area contributed by atoms with Crippen molar-refractivity contribution in [1.29, 1.82) is 0 Å². The van der Waals surface area contributed by atoms with E-state index in [2.05, 4.69) is 5.32 Å². The van der Waals surface area contributed by atoms with Gasteiger partial charge in [0.1, 0.15) is 6.04 Å². The number of rotatable bonds is 3. The first-order chi connectivity index (χ1) is 9.99. The highest BCUT2D eigenvalue weighted by molar-refractivity contribution is 5.87. The van der Waals surface area contributed by atoms with E-state index >= 15 is 0 Å². The molecule has 0 aromatic rings. The van der Waals surface area contributed by atoms with Gasteiger partial charge in [0, 0.05) is 45.8 Å². The molecule has 3 amide bonds. The van der Waals surface area contributed by atoms with E-state index < -0.39 is 12.0 Å². The first-order valence-corrected chi connectivity index (χ1v) is 7.26. The quantitative estimate of drug-likeness (QED) is 0.698. The highest BCUT2D eigenvalue weighted by atomic mass is 16.4. The van der Waals surface area contributed by atoms with Gasteiger partial charge in [-0.05, 0) is 6.92 Å². The van der Waals surface area contributed by atoms with Crippen molar-refractivity contribution in [1.82, 2.24) is 20.0 Å². The number of carboxylic acid groups (broad SMARTS) is 1. The van der Waals surface area contributed by atoms with Gasteiger partial charge in [0.2, 0.25) is 5.91 Å². The molecule has 2 N–H and O–H groups in total. The average molecular weight is 298 g/mol. The maximum Gasteiger partial charge on any atom is 0.320 e. The fraction of sp³-hybridized carbons (Fsp3) is 0.769. The number of carbonyl (C=O) groups is 3. The van der Waals surface area contributed by atoms with Crippen LogP contribution in [0.4, 0.5) is 4.79 Å². The molecule has 0 saturated carbocycles. The standard InChI is InChI=1S/C13H22N4O4/c1-10-12(20)14-3-5-17(10)13(21)16-8-6-15(7-9-16)4-2-11(18)19/h10H,2-9H2,1H3,(H,14,20)(H,18,19). The van der Waals surface area contributed by atoms with Gasteiger partial charge in [-0.2, -0.15) is 0 Å². The summed E-state index contributed by atoms with van der Waals surface area (Å²) >= 11 is 0. The van der Waals surface area contributed by atoms with Crippen LogP contribution in [0.5, 0.6) is 0 Å². The van der Waals surface area contributed by atoms with Crippen molar-refractivity contribution < 1.29 is 19.5 Å². The Bertz CT molecular complexity index is 420. The van der Waals surface area contributed by atoms with Crippen LogP contribution in [0.25, 0.3) is 0 Å². The summed E-state index contributed by atoms with van der Waals surface area (Å²) < 4.78 is 0. The zero-order valence-corrected chi connectivity index (χ0v) is 12.2. The third kappa shape index (κ3) is 3.84. The third-order valence-corrected chi connectivity index (χ3v) is 4.03. The molecule has 118 valence electrons. The first kappa shape index (κ1) is 15.6. The van der Waals surface area contributed by atoms with Crippen molar-refractivity contribution in [2.75, 3.05) is 45.8 Å². The van der Waals surface area contributed by atoms with Crippen LogP contribution in [-0.2, 0) is 9.59 Å². The van der Waals surface area contributed by atoms with Crippen LogP contribution in [0, 0.1) is 0 Å². The Labute approximate surface area is 123 Å². The molecule has 0 aromatic heterocycles. The molecule has 0 spiro atoms. The summed E-state index contributed by atoms with van der Waals surface area (Å²) in [5, 5.41) is 11.4. The SMILES string of the molecule is CC1C(=O)NCCN1C(=O)N1CCN(CCC(=O)O)CC1. The second-order valence-corrected chi connectivity index (χ2v) is 5.42. The minimum absolute atomic E-state index is 0.102. The second kappa shape index (κ2) is 6.75. The minimum atomic E-state index is -0.804. The van der Waals surface area contributed by atoms with Gasteiger partial charge < -0.3 is 20.2 Å². The van der Waals surface area contributed by atoms with Crippen molar-refractivity contribution in [3.05, 3.63) is 0 Å². The average Bonchev–Trinajstić information content (AvgIpc) is 2.48. The number of aliphatic carboxylic acids is 1. The van der Waals surface area contributed by atoms with Gasteiger partial charge in [0.05, 0.1) is 6.42 Å². The molecule has 2 aliphatic heterocycles. The summed E-state index contributed by atoms with van der Waals surface area (Å²) in [7, 11) is 0. The number of carbonyl (C=O) groups excluding carboxylic acids is 2. The molecule has 0 aliphatic carbocycles. The Morgan fingerprint density at radius 1 is 1.24 bits per heavy atom. The van der Waals surface area contributed by atoms with Crippen LogP contribution in [-0.4, -0.2) is 89.6 Å².